The van der Waals surface area contributed by atoms with E-state index in [-0.39, 0.29) is 22.6 Å². The molecule has 2 rings (SSSR count). The molecule has 1 aromatic carbocycles. The quantitative estimate of drug-likeness (QED) is 0.652. The highest BCUT2D eigenvalue weighted by atomic mass is 16.6. The number of nitro benzene ring substituents is 1. The molecule has 0 radical (unpaired) electrons. The van der Waals surface area contributed by atoms with Gasteiger partial charge < -0.3 is 10.4 Å². The number of carboxylic acids is 1. The van der Waals surface area contributed by atoms with Gasteiger partial charge in [-0.1, -0.05) is 12.1 Å². The predicted molar refractivity (Wildman–Crippen MR) is 74.8 cm³/mol. The molecule has 108 valence electrons. The van der Waals surface area contributed by atoms with E-state index in [1.165, 1.54) is 0 Å². The van der Waals surface area contributed by atoms with E-state index in [1.54, 1.807) is 25.1 Å². The molecule has 0 aliphatic heterocycles. The van der Waals surface area contributed by atoms with E-state index in [0.29, 0.717) is 24.1 Å². The van der Waals surface area contributed by atoms with E-state index >= 15 is 0 Å². The average molecular weight is 278 g/mol. The van der Waals surface area contributed by atoms with Crippen molar-refractivity contribution in [2.45, 2.75) is 38.6 Å². The fourth-order valence-electron chi connectivity index (χ4n) is 2.72. The second kappa shape index (κ2) is 5.90. The van der Waals surface area contributed by atoms with Crippen LogP contribution in [0.2, 0.25) is 0 Å². The van der Waals surface area contributed by atoms with Gasteiger partial charge in [0.2, 0.25) is 0 Å². The minimum atomic E-state index is -0.745. The average Bonchev–Trinajstić information content (AvgIpc) is 2.39. The number of nitrogens with zero attached hydrogens (tertiary/aromatic N) is 1. The molecular weight excluding hydrogens is 260 g/mol. The Kier molecular flexibility index (Phi) is 4.22. The molecule has 1 aliphatic rings. The normalized spacial score (nSPS) is 22.2. The van der Waals surface area contributed by atoms with Crippen LogP contribution in [0.1, 0.15) is 31.2 Å². The Balaban J connectivity index is 2.07. The molecule has 0 aromatic heterocycles. The topological polar surface area (TPSA) is 92.5 Å². The number of nitro groups is 1. The number of aryl methyl sites for hydroxylation is 1. The van der Waals surface area contributed by atoms with Crippen LogP contribution in [0.3, 0.4) is 0 Å². The fraction of sp³-hybridized carbons (Fsp3) is 0.500. The van der Waals surface area contributed by atoms with Crippen molar-refractivity contribution in [1.29, 1.82) is 0 Å². The number of hydrogen-bond acceptors (Lipinski definition) is 4. The molecule has 0 spiro atoms. The Morgan fingerprint density at radius 2 is 2.00 bits per heavy atom. The first-order valence-corrected chi connectivity index (χ1v) is 6.72. The van der Waals surface area contributed by atoms with Crippen molar-refractivity contribution in [1.82, 2.24) is 0 Å². The van der Waals surface area contributed by atoms with E-state index in [2.05, 4.69) is 5.32 Å². The van der Waals surface area contributed by atoms with Crippen molar-refractivity contribution >= 4 is 17.3 Å². The first-order valence-electron chi connectivity index (χ1n) is 6.72. The second-order valence-electron chi connectivity index (χ2n) is 5.26. The molecule has 0 bridgehead atoms. The third-order valence-corrected chi connectivity index (χ3v) is 3.86. The van der Waals surface area contributed by atoms with Crippen molar-refractivity contribution in [3.05, 3.63) is 33.9 Å². The molecule has 6 heteroatoms. The van der Waals surface area contributed by atoms with Gasteiger partial charge in [-0.3, -0.25) is 14.9 Å². The van der Waals surface area contributed by atoms with E-state index in [9.17, 15) is 14.9 Å². The van der Waals surface area contributed by atoms with Crippen molar-refractivity contribution in [2.24, 2.45) is 5.92 Å². The number of nitrogens with one attached hydrogen (secondary N) is 1. The predicted octanol–water partition coefficient (Wildman–Crippen LogP) is 2.96. The van der Waals surface area contributed by atoms with Crippen LogP contribution in [0.4, 0.5) is 11.4 Å². The zero-order valence-corrected chi connectivity index (χ0v) is 11.3. The van der Waals surface area contributed by atoms with Crippen LogP contribution in [-0.4, -0.2) is 22.0 Å². The summed E-state index contributed by atoms with van der Waals surface area (Å²) < 4.78 is 0. The molecule has 1 fully saturated rings. The van der Waals surface area contributed by atoms with Gasteiger partial charge in [-0.15, -0.1) is 0 Å². The Bertz CT molecular complexity index is 522. The Labute approximate surface area is 117 Å². The summed E-state index contributed by atoms with van der Waals surface area (Å²) >= 11 is 0. The minimum Gasteiger partial charge on any atom is -0.481 e. The molecule has 20 heavy (non-hydrogen) atoms. The lowest BCUT2D eigenvalue weighted by Crippen LogP contribution is -2.29. The maximum Gasteiger partial charge on any atom is 0.306 e. The SMILES string of the molecule is Cc1cccc(NC2CCC(C(=O)O)CC2)c1[N+](=O)[O-]. The molecule has 1 aliphatic carbocycles. The first kappa shape index (κ1) is 14.3. The minimum absolute atomic E-state index is 0.103. The number of para-hydroxylation sites is 1. The molecule has 0 atom stereocenters. The lowest BCUT2D eigenvalue weighted by atomic mass is 9.86. The summed E-state index contributed by atoms with van der Waals surface area (Å²) in [5.74, 6) is -1.02. The van der Waals surface area contributed by atoms with Gasteiger partial charge in [-0.2, -0.15) is 0 Å². The van der Waals surface area contributed by atoms with Crippen LogP contribution in [0.15, 0.2) is 18.2 Å². The molecule has 0 heterocycles. The van der Waals surface area contributed by atoms with Gasteiger partial charge in [0.25, 0.3) is 5.69 Å². The van der Waals surface area contributed by atoms with Gasteiger partial charge in [-0.05, 0) is 38.7 Å². The van der Waals surface area contributed by atoms with Gasteiger partial charge in [0.05, 0.1) is 10.8 Å². The van der Waals surface area contributed by atoms with Crippen LogP contribution < -0.4 is 5.32 Å². The fourth-order valence-corrected chi connectivity index (χ4v) is 2.72. The largest absolute Gasteiger partial charge is 0.481 e. The summed E-state index contributed by atoms with van der Waals surface area (Å²) in [4.78, 5) is 21.6. The van der Waals surface area contributed by atoms with Crippen molar-refractivity contribution in [2.75, 3.05) is 5.32 Å². The van der Waals surface area contributed by atoms with Crippen LogP contribution in [-0.2, 0) is 4.79 Å². The molecule has 0 saturated heterocycles. The van der Waals surface area contributed by atoms with Crippen LogP contribution in [0.5, 0.6) is 0 Å². The summed E-state index contributed by atoms with van der Waals surface area (Å²) in [5, 5.41) is 23.3. The molecule has 1 saturated carbocycles. The number of anilines is 1. The van der Waals surface area contributed by atoms with E-state index in [0.717, 1.165) is 12.8 Å². The Hall–Kier alpha value is -2.11. The van der Waals surface area contributed by atoms with E-state index < -0.39 is 5.97 Å². The lowest BCUT2D eigenvalue weighted by molar-refractivity contribution is -0.384. The van der Waals surface area contributed by atoms with Gasteiger partial charge in [0.15, 0.2) is 0 Å². The number of aliphatic carboxylic acids is 1. The molecule has 1 aromatic rings. The van der Waals surface area contributed by atoms with Gasteiger partial charge >= 0.3 is 5.97 Å². The van der Waals surface area contributed by atoms with Crippen LogP contribution in [0, 0.1) is 23.0 Å². The zero-order valence-electron chi connectivity index (χ0n) is 11.3. The molecule has 0 amide bonds. The standard InChI is InChI=1S/C14H18N2O4/c1-9-3-2-4-12(13(9)16(19)20)15-11-7-5-10(6-8-11)14(17)18/h2-4,10-11,15H,5-8H2,1H3,(H,17,18). The summed E-state index contributed by atoms with van der Waals surface area (Å²) in [7, 11) is 0. The number of hydrogen-bond donors (Lipinski definition) is 2. The summed E-state index contributed by atoms with van der Waals surface area (Å²) in [6.45, 7) is 1.71. The first-order chi connectivity index (χ1) is 9.49. The third kappa shape index (κ3) is 3.07. The highest BCUT2D eigenvalue weighted by Gasteiger charge is 2.27. The monoisotopic (exact) mass is 278 g/mol. The van der Waals surface area contributed by atoms with Gasteiger partial charge in [0.1, 0.15) is 5.69 Å². The molecule has 0 unspecified atom stereocenters. The molecule has 6 nitrogen and oxygen atoms in total. The van der Waals surface area contributed by atoms with Crippen LogP contribution >= 0.6 is 0 Å². The summed E-state index contributed by atoms with van der Waals surface area (Å²) in [6, 6.07) is 5.30. The number of carbonyl (C=O) groups is 1. The third-order valence-electron chi connectivity index (χ3n) is 3.86. The number of rotatable bonds is 4. The summed E-state index contributed by atoms with van der Waals surface area (Å²) in [6.07, 6.45) is 2.68. The lowest BCUT2D eigenvalue weighted by Gasteiger charge is -2.27. The Morgan fingerprint density at radius 1 is 1.35 bits per heavy atom. The van der Waals surface area contributed by atoms with E-state index in [1.807, 2.05) is 0 Å². The maximum absolute atomic E-state index is 11.1. The van der Waals surface area contributed by atoms with Gasteiger partial charge in [0, 0.05) is 11.6 Å². The highest BCUT2D eigenvalue weighted by Crippen LogP contribution is 2.32. The smallest absolute Gasteiger partial charge is 0.306 e. The zero-order chi connectivity index (χ0) is 14.7. The van der Waals surface area contributed by atoms with Crippen molar-refractivity contribution < 1.29 is 14.8 Å². The van der Waals surface area contributed by atoms with Gasteiger partial charge in [-0.25, -0.2) is 0 Å². The van der Waals surface area contributed by atoms with Crippen molar-refractivity contribution in [3.8, 4) is 0 Å². The molecule has 2 N–H and O–H groups in total. The second-order valence-corrected chi connectivity index (χ2v) is 5.26. The summed E-state index contributed by atoms with van der Waals surface area (Å²) in [5.41, 5.74) is 1.25. The van der Waals surface area contributed by atoms with Crippen LogP contribution in [0.25, 0.3) is 0 Å². The van der Waals surface area contributed by atoms with Crippen molar-refractivity contribution in [3.63, 3.8) is 0 Å². The highest BCUT2D eigenvalue weighted by molar-refractivity contribution is 5.70. The number of carboxylic acid groups (broad SMARTS) is 1. The molecular formula is C14H18N2O4. The maximum atomic E-state index is 11.1. The Morgan fingerprint density at radius 3 is 2.55 bits per heavy atom. The van der Waals surface area contributed by atoms with E-state index in [4.69, 9.17) is 5.11 Å². The number of benzene rings is 1.